The molecule has 3 heteroatoms. The molecule has 0 heterocycles. The Morgan fingerprint density at radius 3 is 2.57 bits per heavy atom. The van der Waals surface area contributed by atoms with Crippen LogP contribution in [0.25, 0.3) is 0 Å². The summed E-state index contributed by atoms with van der Waals surface area (Å²) in [5.74, 6) is -0.316. The number of nitrogens with one attached hydrogen (secondary N) is 1. The molecular weight excluding hydrogens is 265 g/mol. The van der Waals surface area contributed by atoms with Gasteiger partial charge in [-0.2, -0.15) is 0 Å². The van der Waals surface area contributed by atoms with E-state index >= 15 is 0 Å². The zero-order chi connectivity index (χ0) is 15.1. The lowest BCUT2D eigenvalue weighted by Gasteiger charge is -2.17. The summed E-state index contributed by atoms with van der Waals surface area (Å²) in [6.07, 6.45) is 1.32. The lowest BCUT2D eigenvalue weighted by Crippen LogP contribution is -2.30. The second-order valence-corrected chi connectivity index (χ2v) is 5.40. The summed E-state index contributed by atoms with van der Waals surface area (Å²) in [5, 5.41) is 13.3. The summed E-state index contributed by atoms with van der Waals surface area (Å²) >= 11 is 0. The predicted octanol–water partition coefficient (Wildman–Crippen LogP) is 3.47. The van der Waals surface area contributed by atoms with E-state index in [0.717, 1.165) is 12.8 Å². The number of benzene rings is 2. The van der Waals surface area contributed by atoms with Crippen molar-refractivity contribution in [1.82, 2.24) is 5.32 Å². The van der Waals surface area contributed by atoms with Crippen LogP contribution in [0.15, 0.2) is 54.6 Å². The molecule has 0 bridgehead atoms. The molecule has 2 aromatic rings. The molecule has 0 radical (unpaired) electrons. The molecule has 2 atom stereocenters. The van der Waals surface area contributed by atoms with Gasteiger partial charge in [0.15, 0.2) is 0 Å². The molecule has 2 nitrogen and oxygen atoms in total. The zero-order valence-corrected chi connectivity index (χ0v) is 12.3. The average molecular weight is 287 g/mol. The van der Waals surface area contributed by atoms with Crippen molar-refractivity contribution in [2.24, 2.45) is 0 Å². The fraction of sp³-hybridized carbons (Fsp3) is 0.333. The van der Waals surface area contributed by atoms with Gasteiger partial charge in [0, 0.05) is 12.6 Å². The molecule has 21 heavy (non-hydrogen) atoms. The van der Waals surface area contributed by atoms with Gasteiger partial charge in [0.2, 0.25) is 0 Å². The van der Waals surface area contributed by atoms with Gasteiger partial charge in [0.25, 0.3) is 0 Å². The van der Waals surface area contributed by atoms with E-state index in [-0.39, 0.29) is 5.82 Å². The Kier molecular flexibility index (Phi) is 5.90. The lowest BCUT2D eigenvalue weighted by atomic mass is 10.1. The summed E-state index contributed by atoms with van der Waals surface area (Å²) < 4.78 is 13.1. The van der Waals surface area contributed by atoms with E-state index in [9.17, 15) is 9.50 Å². The SMILES string of the molecule is CC(CCc1ccccc1)NCC(O)c1cccc(F)c1. The standard InChI is InChI=1S/C18H22FNO/c1-14(10-11-15-6-3-2-4-7-15)20-13-18(21)16-8-5-9-17(19)12-16/h2-9,12,14,18,20-21H,10-11,13H2,1H3. The first-order chi connectivity index (χ1) is 10.1. The normalized spacial score (nSPS) is 13.9. The first kappa shape index (κ1) is 15.7. The Morgan fingerprint density at radius 1 is 1.10 bits per heavy atom. The molecule has 0 saturated heterocycles. The molecule has 2 aromatic carbocycles. The van der Waals surface area contributed by atoms with Gasteiger partial charge in [0.05, 0.1) is 6.10 Å². The van der Waals surface area contributed by atoms with Crippen LogP contribution in [-0.2, 0) is 6.42 Å². The first-order valence-electron chi connectivity index (χ1n) is 7.36. The monoisotopic (exact) mass is 287 g/mol. The third-order valence-electron chi connectivity index (χ3n) is 3.60. The van der Waals surface area contributed by atoms with Crippen LogP contribution in [0.5, 0.6) is 0 Å². The van der Waals surface area contributed by atoms with Gasteiger partial charge in [-0.15, -0.1) is 0 Å². The Morgan fingerprint density at radius 2 is 1.86 bits per heavy atom. The first-order valence-corrected chi connectivity index (χ1v) is 7.36. The van der Waals surface area contributed by atoms with Crippen LogP contribution in [0.1, 0.15) is 30.6 Å². The molecule has 0 fully saturated rings. The molecule has 2 unspecified atom stereocenters. The van der Waals surface area contributed by atoms with Crippen LogP contribution in [0.3, 0.4) is 0 Å². The number of rotatable bonds is 7. The summed E-state index contributed by atoms with van der Waals surface area (Å²) in [6, 6.07) is 16.8. The number of aliphatic hydroxyl groups excluding tert-OH is 1. The van der Waals surface area contributed by atoms with Crippen LogP contribution in [0, 0.1) is 5.82 Å². The predicted molar refractivity (Wildman–Crippen MR) is 83.6 cm³/mol. The van der Waals surface area contributed by atoms with Gasteiger partial charge < -0.3 is 10.4 Å². The van der Waals surface area contributed by atoms with Crippen LogP contribution < -0.4 is 5.32 Å². The van der Waals surface area contributed by atoms with Crippen LogP contribution in [-0.4, -0.2) is 17.7 Å². The van der Waals surface area contributed by atoms with Gasteiger partial charge in [-0.05, 0) is 43.0 Å². The van der Waals surface area contributed by atoms with Gasteiger partial charge >= 0.3 is 0 Å². The number of aryl methyl sites for hydroxylation is 1. The van der Waals surface area contributed by atoms with Crippen molar-refractivity contribution < 1.29 is 9.50 Å². The molecule has 0 spiro atoms. The fourth-order valence-corrected chi connectivity index (χ4v) is 2.27. The Bertz CT molecular complexity index is 544. The highest BCUT2D eigenvalue weighted by molar-refractivity contribution is 5.19. The maximum Gasteiger partial charge on any atom is 0.123 e. The zero-order valence-electron chi connectivity index (χ0n) is 12.3. The summed E-state index contributed by atoms with van der Waals surface area (Å²) in [5.41, 5.74) is 1.93. The summed E-state index contributed by atoms with van der Waals surface area (Å²) in [6.45, 7) is 2.53. The van der Waals surface area contributed by atoms with E-state index < -0.39 is 6.10 Å². The molecular formula is C18H22FNO. The van der Waals surface area contributed by atoms with Gasteiger partial charge in [-0.25, -0.2) is 4.39 Å². The van der Waals surface area contributed by atoms with Crippen molar-refractivity contribution in [2.75, 3.05) is 6.54 Å². The number of hydrogen-bond donors (Lipinski definition) is 2. The Hall–Kier alpha value is -1.71. The van der Waals surface area contributed by atoms with Crippen molar-refractivity contribution in [3.63, 3.8) is 0 Å². The smallest absolute Gasteiger partial charge is 0.123 e. The largest absolute Gasteiger partial charge is 0.387 e. The highest BCUT2D eigenvalue weighted by atomic mass is 19.1. The van der Waals surface area contributed by atoms with Crippen molar-refractivity contribution in [3.05, 3.63) is 71.5 Å². The molecule has 2 N–H and O–H groups in total. The van der Waals surface area contributed by atoms with Crippen molar-refractivity contribution in [1.29, 1.82) is 0 Å². The number of hydrogen-bond acceptors (Lipinski definition) is 2. The lowest BCUT2D eigenvalue weighted by molar-refractivity contribution is 0.169. The second-order valence-electron chi connectivity index (χ2n) is 5.40. The van der Waals surface area contributed by atoms with Crippen molar-refractivity contribution in [2.45, 2.75) is 31.9 Å². The van der Waals surface area contributed by atoms with E-state index in [4.69, 9.17) is 0 Å². The maximum atomic E-state index is 13.1. The molecule has 0 amide bonds. The minimum atomic E-state index is -0.681. The molecule has 0 aliphatic heterocycles. The number of aliphatic hydroxyl groups is 1. The van der Waals surface area contributed by atoms with Gasteiger partial charge in [-0.3, -0.25) is 0 Å². The van der Waals surface area contributed by atoms with Crippen LogP contribution >= 0.6 is 0 Å². The van der Waals surface area contributed by atoms with Gasteiger partial charge in [0.1, 0.15) is 5.82 Å². The average Bonchev–Trinajstić information content (AvgIpc) is 2.51. The molecule has 0 aliphatic carbocycles. The molecule has 2 rings (SSSR count). The Balaban J connectivity index is 1.74. The quantitative estimate of drug-likeness (QED) is 0.817. The van der Waals surface area contributed by atoms with E-state index in [1.54, 1.807) is 12.1 Å². The third-order valence-corrected chi connectivity index (χ3v) is 3.60. The van der Waals surface area contributed by atoms with Crippen LogP contribution in [0.2, 0.25) is 0 Å². The molecule has 0 saturated carbocycles. The molecule has 112 valence electrons. The number of halogens is 1. The van der Waals surface area contributed by atoms with E-state index in [2.05, 4.69) is 24.4 Å². The molecule has 0 aromatic heterocycles. The summed E-state index contributed by atoms with van der Waals surface area (Å²) in [4.78, 5) is 0. The summed E-state index contributed by atoms with van der Waals surface area (Å²) in [7, 11) is 0. The maximum absolute atomic E-state index is 13.1. The third kappa shape index (κ3) is 5.29. The van der Waals surface area contributed by atoms with E-state index in [0.29, 0.717) is 18.2 Å². The second kappa shape index (κ2) is 7.91. The van der Waals surface area contributed by atoms with Crippen molar-refractivity contribution in [3.8, 4) is 0 Å². The highest BCUT2D eigenvalue weighted by Gasteiger charge is 2.10. The highest BCUT2D eigenvalue weighted by Crippen LogP contribution is 2.13. The van der Waals surface area contributed by atoms with Gasteiger partial charge in [-0.1, -0.05) is 42.5 Å². The van der Waals surface area contributed by atoms with Crippen LogP contribution in [0.4, 0.5) is 4.39 Å². The topological polar surface area (TPSA) is 32.3 Å². The minimum absolute atomic E-state index is 0.299. The molecule has 0 aliphatic rings. The van der Waals surface area contributed by atoms with E-state index in [1.165, 1.54) is 17.7 Å². The van der Waals surface area contributed by atoms with E-state index in [1.807, 2.05) is 18.2 Å². The fourth-order valence-electron chi connectivity index (χ4n) is 2.27. The minimum Gasteiger partial charge on any atom is -0.387 e. The van der Waals surface area contributed by atoms with Crippen molar-refractivity contribution >= 4 is 0 Å². The Labute approximate surface area is 125 Å².